The molecule has 0 saturated carbocycles. The Hall–Kier alpha value is -1.68. The molecule has 2 rings (SSSR count). The van der Waals surface area contributed by atoms with E-state index in [4.69, 9.17) is 16.3 Å². The van der Waals surface area contributed by atoms with E-state index in [1.807, 2.05) is 13.8 Å². The van der Waals surface area contributed by atoms with Crippen molar-refractivity contribution in [3.63, 3.8) is 0 Å². The second-order valence-corrected chi connectivity index (χ2v) is 4.36. The lowest BCUT2D eigenvalue weighted by Gasteiger charge is -2.14. The fourth-order valence-electron chi connectivity index (χ4n) is 1.54. The van der Waals surface area contributed by atoms with Gasteiger partial charge in [0, 0.05) is 17.8 Å². The molecule has 5 heteroatoms. The molecule has 0 unspecified atom stereocenters. The van der Waals surface area contributed by atoms with E-state index in [-0.39, 0.29) is 17.2 Å². The molecule has 0 N–H and O–H groups in total. The number of rotatable bonds is 3. The highest BCUT2D eigenvalue weighted by Gasteiger charge is 2.11. The van der Waals surface area contributed by atoms with E-state index in [2.05, 4.69) is 9.97 Å². The summed E-state index contributed by atoms with van der Waals surface area (Å²) in [4.78, 5) is 7.91. The number of ether oxygens (including phenoxy) is 1. The van der Waals surface area contributed by atoms with Crippen molar-refractivity contribution in [3.05, 3.63) is 41.6 Å². The number of hydrogen-bond donors (Lipinski definition) is 0. The largest absolute Gasteiger partial charge is 0.490 e. The first-order valence-corrected chi connectivity index (χ1v) is 5.89. The van der Waals surface area contributed by atoms with Gasteiger partial charge in [0.2, 0.25) is 5.28 Å². The maximum Gasteiger partial charge on any atom is 0.222 e. The fraction of sp³-hybridized carbons (Fsp3) is 0.231. The highest BCUT2D eigenvalue weighted by molar-refractivity contribution is 6.28. The van der Waals surface area contributed by atoms with E-state index in [1.165, 1.54) is 12.1 Å². The maximum atomic E-state index is 13.3. The summed E-state index contributed by atoms with van der Waals surface area (Å²) < 4.78 is 18.8. The molecule has 0 saturated heterocycles. The Morgan fingerprint density at radius 1 is 1.28 bits per heavy atom. The minimum atomic E-state index is -0.352. The normalized spacial score (nSPS) is 10.7. The summed E-state index contributed by atoms with van der Waals surface area (Å²) in [5, 5.41) is 0.146. The van der Waals surface area contributed by atoms with Gasteiger partial charge in [0.25, 0.3) is 0 Å². The second kappa shape index (κ2) is 5.31. The minimum absolute atomic E-state index is 0.0529. The van der Waals surface area contributed by atoms with Gasteiger partial charge in [-0.2, -0.15) is 0 Å². The molecule has 0 atom stereocenters. The highest BCUT2D eigenvalue weighted by atomic mass is 35.5. The molecule has 2 aromatic rings. The van der Waals surface area contributed by atoms with Crippen LogP contribution in [0.1, 0.15) is 13.8 Å². The van der Waals surface area contributed by atoms with Crippen molar-refractivity contribution in [1.82, 2.24) is 9.97 Å². The Bertz CT molecular complexity index is 560. The molecule has 18 heavy (non-hydrogen) atoms. The van der Waals surface area contributed by atoms with Crippen LogP contribution in [-0.2, 0) is 0 Å². The average Bonchev–Trinajstić information content (AvgIpc) is 2.28. The van der Waals surface area contributed by atoms with Crippen LogP contribution in [0, 0.1) is 5.82 Å². The molecule has 0 spiro atoms. The molecule has 0 amide bonds. The lowest BCUT2D eigenvalue weighted by molar-refractivity contribution is 0.242. The van der Waals surface area contributed by atoms with Crippen molar-refractivity contribution < 1.29 is 9.13 Å². The molecule has 94 valence electrons. The van der Waals surface area contributed by atoms with Crippen LogP contribution < -0.4 is 4.74 Å². The maximum absolute atomic E-state index is 13.3. The van der Waals surface area contributed by atoms with Gasteiger partial charge >= 0.3 is 0 Å². The summed E-state index contributed by atoms with van der Waals surface area (Å²) in [5.74, 6) is 0.0920. The van der Waals surface area contributed by atoms with Crippen LogP contribution in [0.2, 0.25) is 5.28 Å². The summed E-state index contributed by atoms with van der Waals surface area (Å²) in [6.45, 7) is 3.75. The van der Waals surface area contributed by atoms with Crippen LogP contribution in [0.15, 0.2) is 30.5 Å². The van der Waals surface area contributed by atoms with Crippen molar-refractivity contribution in [2.24, 2.45) is 0 Å². The smallest absolute Gasteiger partial charge is 0.222 e. The first-order valence-electron chi connectivity index (χ1n) is 5.51. The molecule has 0 radical (unpaired) electrons. The van der Waals surface area contributed by atoms with Gasteiger partial charge in [0.1, 0.15) is 11.6 Å². The molecule has 0 bridgehead atoms. The zero-order valence-electron chi connectivity index (χ0n) is 10.0. The summed E-state index contributed by atoms with van der Waals surface area (Å²) >= 11 is 5.75. The van der Waals surface area contributed by atoms with Gasteiger partial charge in [-0.1, -0.05) is 0 Å². The lowest BCUT2D eigenvalue weighted by atomic mass is 10.1. The molecule has 0 aliphatic heterocycles. The number of aromatic nitrogens is 2. The van der Waals surface area contributed by atoms with Crippen LogP contribution in [-0.4, -0.2) is 16.1 Å². The quantitative estimate of drug-likeness (QED) is 0.794. The Morgan fingerprint density at radius 2 is 2.06 bits per heavy atom. The van der Waals surface area contributed by atoms with Gasteiger partial charge in [-0.3, -0.25) is 0 Å². The van der Waals surface area contributed by atoms with Gasteiger partial charge in [-0.05, 0) is 43.6 Å². The molecule has 1 heterocycles. The van der Waals surface area contributed by atoms with Crippen molar-refractivity contribution in [3.8, 4) is 17.0 Å². The van der Waals surface area contributed by atoms with E-state index in [0.717, 1.165) is 0 Å². The van der Waals surface area contributed by atoms with Gasteiger partial charge in [-0.15, -0.1) is 0 Å². The van der Waals surface area contributed by atoms with Crippen molar-refractivity contribution in [2.75, 3.05) is 0 Å². The molecule has 1 aromatic carbocycles. The van der Waals surface area contributed by atoms with Crippen molar-refractivity contribution >= 4 is 11.6 Å². The molecule has 0 fully saturated rings. The summed E-state index contributed by atoms with van der Waals surface area (Å²) in [6, 6.07) is 6.02. The third-order valence-electron chi connectivity index (χ3n) is 2.21. The molecule has 3 nitrogen and oxygen atoms in total. The molecule has 1 aromatic heterocycles. The van der Waals surface area contributed by atoms with E-state index >= 15 is 0 Å². The van der Waals surface area contributed by atoms with Gasteiger partial charge in [0.05, 0.1) is 11.8 Å². The van der Waals surface area contributed by atoms with Gasteiger partial charge in [0.15, 0.2) is 0 Å². The van der Waals surface area contributed by atoms with E-state index in [1.54, 1.807) is 18.3 Å². The SMILES string of the molecule is CC(C)Oc1cc(F)ccc1-c1ccnc(Cl)n1. The molecular weight excluding hydrogens is 255 g/mol. The van der Waals surface area contributed by atoms with Crippen molar-refractivity contribution in [1.29, 1.82) is 0 Å². The Labute approximate surface area is 110 Å². The lowest BCUT2D eigenvalue weighted by Crippen LogP contribution is -2.07. The van der Waals surface area contributed by atoms with Crippen molar-refractivity contribution in [2.45, 2.75) is 20.0 Å². The van der Waals surface area contributed by atoms with Crippen LogP contribution in [0.25, 0.3) is 11.3 Å². The van der Waals surface area contributed by atoms with Gasteiger partial charge < -0.3 is 4.74 Å². The van der Waals surface area contributed by atoms with E-state index in [9.17, 15) is 4.39 Å². The molecule has 0 aliphatic carbocycles. The van der Waals surface area contributed by atoms with Crippen LogP contribution in [0.4, 0.5) is 4.39 Å². The summed E-state index contributed by atoms with van der Waals surface area (Å²) in [5.41, 5.74) is 1.29. The molecular formula is C13H12ClFN2O. The minimum Gasteiger partial charge on any atom is -0.490 e. The Balaban J connectivity index is 2.49. The highest BCUT2D eigenvalue weighted by Crippen LogP contribution is 2.30. The Morgan fingerprint density at radius 3 is 2.72 bits per heavy atom. The fourth-order valence-corrected chi connectivity index (χ4v) is 1.69. The second-order valence-electron chi connectivity index (χ2n) is 4.02. The van der Waals surface area contributed by atoms with Crippen LogP contribution in [0.5, 0.6) is 5.75 Å². The first kappa shape index (κ1) is 12.8. The predicted octanol–water partition coefficient (Wildman–Crippen LogP) is 3.72. The Kier molecular flexibility index (Phi) is 3.77. The summed E-state index contributed by atoms with van der Waals surface area (Å²) in [6.07, 6.45) is 1.50. The zero-order chi connectivity index (χ0) is 13.1. The van der Waals surface area contributed by atoms with Gasteiger partial charge in [-0.25, -0.2) is 14.4 Å². The molecule has 0 aliphatic rings. The monoisotopic (exact) mass is 266 g/mol. The number of benzene rings is 1. The first-order chi connectivity index (χ1) is 8.56. The topological polar surface area (TPSA) is 35.0 Å². The number of hydrogen-bond acceptors (Lipinski definition) is 3. The predicted molar refractivity (Wildman–Crippen MR) is 68.2 cm³/mol. The third kappa shape index (κ3) is 2.96. The summed E-state index contributed by atoms with van der Waals surface area (Å²) in [7, 11) is 0. The number of halogens is 2. The standard InChI is InChI=1S/C13H12ClFN2O/c1-8(2)18-12-7-9(15)3-4-10(12)11-5-6-16-13(14)17-11/h3-8H,1-2H3. The zero-order valence-corrected chi connectivity index (χ0v) is 10.8. The number of nitrogens with zero attached hydrogens (tertiary/aromatic N) is 2. The average molecular weight is 267 g/mol. The van der Waals surface area contributed by atoms with Crippen LogP contribution in [0.3, 0.4) is 0 Å². The van der Waals surface area contributed by atoms with E-state index < -0.39 is 0 Å². The van der Waals surface area contributed by atoms with Crippen LogP contribution >= 0.6 is 11.6 Å². The third-order valence-corrected chi connectivity index (χ3v) is 2.39. The van der Waals surface area contributed by atoms with E-state index in [0.29, 0.717) is 17.0 Å².